The van der Waals surface area contributed by atoms with Crippen LogP contribution in [0.1, 0.15) is 52.9 Å². The minimum Gasteiger partial charge on any atom is -0.349 e. The van der Waals surface area contributed by atoms with E-state index in [1.54, 1.807) is 0 Å². The summed E-state index contributed by atoms with van der Waals surface area (Å²) in [6.45, 7) is 5.90. The van der Waals surface area contributed by atoms with E-state index in [0.29, 0.717) is 0 Å². The molecule has 1 amide bonds. The largest absolute Gasteiger partial charge is 0.349 e. The number of amides is 1. The second-order valence-electron chi connectivity index (χ2n) is 5.68. The Labute approximate surface area is 101 Å². The molecule has 0 heterocycles. The quantitative estimate of drug-likeness (QED) is 0.771. The normalized spacial score (nSPS) is 21.1. The van der Waals surface area contributed by atoms with Crippen molar-refractivity contribution in [1.29, 1.82) is 0 Å². The topological polar surface area (TPSA) is 29.1 Å². The molecule has 0 aromatic rings. The molecule has 0 radical (unpaired) electrons. The zero-order valence-corrected chi connectivity index (χ0v) is 11.6. The van der Waals surface area contributed by atoms with Crippen LogP contribution in [0.15, 0.2) is 0 Å². The molecule has 15 heavy (non-hydrogen) atoms. The predicted octanol–water partition coefficient (Wildman–Crippen LogP) is 3.25. The van der Waals surface area contributed by atoms with Crippen molar-refractivity contribution >= 4 is 21.8 Å². The van der Waals surface area contributed by atoms with Gasteiger partial charge in [-0.1, -0.05) is 56.0 Å². The lowest BCUT2D eigenvalue weighted by atomic mass is 9.82. The molecule has 0 aromatic carbocycles. The van der Waals surface area contributed by atoms with Gasteiger partial charge in [0.25, 0.3) is 0 Å². The Hall–Kier alpha value is -0.0500. The van der Waals surface area contributed by atoms with E-state index < -0.39 is 0 Å². The second-order valence-corrected chi connectivity index (χ2v) is 6.24. The van der Waals surface area contributed by atoms with Crippen molar-refractivity contribution in [2.45, 2.75) is 58.4 Å². The molecule has 1 fully saturated rings. The van der Waals surface area contributed by atoms with Crippen LogP contribution in [0.3, 0.4) is 0 Å². The van der Waals surface area contributed by atoms with Gasteiger partial charge in [-0.25, -0.2) is 0 Å². The number of nitrogens with one attached hydrogen (secondary N) is 1. The third kappa shape index (κ3) is 3.47. The Morgan fingerprint density at radius 2 is 1.80 bits per heavy atom. The molecule has 0 atom stereocenters. The van der Waals surface area contributed by atoms with E-state index in [1.807, 2.05) is 20.8 Å². The molecule has 0 aliphatic heterocycles. The summed E-state index contributed by atoms with van der Waals surface area (Å²) in [4.78, 5) is 12.0. The van der Waals surface area contributed by atoms with Crippen molar-refractivity contribution in [2.24, 2.45) is 5.41 Å². The van der Waals surface area contributed by atoms with Crippen molar-refractivity contribution in [3.05, 3.63) is 0 Å². The Morgan fingerprint density at radius 1 is 1.27 bits per heavy atom. The summed E-state index contributed by atoms with van der Waals surface area (Å²) in [6, 6.07) is 0. The van der Waals surface area contributed by atoms with Crippen LogP contribution < -0.4 is 5.32 Å². The van der Waals surface area contributed by atoms with Crippen LogP contribution in [0.2, 0.25) is 0 Å². The summed E-state index contributed by atoms with van der Waals surface area (Å²) in [7, 11) is 0. The molecule has 3 heteroatoms. The molecule has 1 aliphatic rings. The lowest BCUT2D eigenvalue weighted by Crippen LogP contribution is -2.54. The van der Waals surface area contributed by atoms with Crippen LogP contribution in [0.4, 0.5) is 0 Å². The van der Waals surface area contributed by atoms with E-state index in [2.05, 4.69) is 21.2 Å². The summed E-state index contributed by atoms with van der Waals surface area (Å²) in [5.41, 5.74) is -0.269. The highest BCUT2D eigenvalue weighted by molar-refractivity contribution is 9.09. The molecule has 0 bridgehead atoms. The molecule has 1 saturated carbocycles. The summed E-state index contributed by atoms with van der Waals surface area (Å²) < 4.78 is 0. The fourth-order valence-electron chi connectivity index (χ4n) is 1.95. The van der Waals surface area contributed by atoms with E-state index in [0.717, 1.165) is 18.2 Å². The predicted molar refractivity (Wildman–Crippen MR) is 67.2 cm³/mol. The minimum absolute atomic E-state index is 0.0165. The fourth-order valence-corrected chi connectivity index (χ4v) is 2.65. The second kappa shape index (κ2) is 4.86. The number of halogens is 1. The standard InChI is InChI=1S/C12H22BrNO/c1-11(2,3)10(15)14-12(9-13)7-5-4-6-8-12/h4-9H2,1-3H3,(H,14,15). The molecule has 1 aliphatic carbocycles. The van der Waals surface area contributed by atoms with Gasteiger partial charge in [-0.2, -0.15) is 0 Å². The summed E-state index contributed by atoms with van der Waals surface area (Å²) in [6.07, 6.45) is 5.99. The van der Waals surface area contributed by atoms with E-state index in [4.69, 9.17) is 0 Å². The van der Waals surface area contributed by atoms with Crippen LogP contribution >= 0.6 is 15.9 Å². The van der Waals surface area contributed by atoms with Crippen molar-refractivity contribution in [3.63, 3.8) is 0 Å². The van der Waals surface area contributed by atoms with E-state index >= 15 is 0 Å². The zero-order chi connectivity index (χ0) is 11.5. The molecule has 0 aromatic heterocycles. The number of hydrogen-bond donors (Lipinski definition) is 1. The smallest absolute Gasteiger partial charge is 0.225 e. The summed E-state index contributed by atoms with van der Waals surface area (Å²) in [5, 5.41) is 4.11. The van der Waals surface area contributed by atoms with Gasteiger partial charge in [0, 0.05) is 16.3 Å². The fraction of sp³-hybridized carbons (Fsp3) is 0.917. The van der Waals surface area contributed by atoms with Crippen LogP contribution in [0.25, 0.3) is 0 Å². The average Bonchev–Trinajstić information content (AvgIpc) is 2.18. The van der Waals surface area contributed by atoms with Gasteiger partial charge in [0.2, 0.25) is 5.91 Å². The monoisotopic (exact) mass is 275 g/mol. The first-order valence-corrected chi connectivity index (χ1v) is 6.90. The lowest BCUT2D eigenvalue weighted by Gasteiger charge is -2.38. The maximum atomic E-state index is 12.0. The highest BCUT2D eigenvalue weighted by atomic mass is 79.9. The summed E-state index contributed by atoms with van der Waals surface area (Å²) in [5.74, 6) is 0.170. The van der Waals surface area contributed by atoms with Crippen molar-refractivity contribution < 1.29 is 4.79 Å². The Bertz CT molecular complexity index is 226. The van der Waals surface area contributed by atoms with E-state index in [1.165, 1.54) is 19.3 Å². The molecule has 1 N–H and O–H groups in total. The molecular weight excluding hydrogens is 254 g/mol. The van der Waals surface area contributed by atoms with E-state index in [9.17, 15) is 4.79 Å². The number of carbonyl (C=O) groups excluding carboxylic acids is 1. The van der Waals surface area contributed by atoms with Crippen LogP contribution in [-0.4, -0.2) is 16.8 Å². The lowest BCUT2D eigenvalue weighted by molar-refractivity contribution is -0.130. The Kier molecular flexibility index (Phi) is 4.21. The third-order valence-corrected chi connectivity index (χ3v) is 4.20. The van der Waals surface area contributed by atoms with Crippen molar-refractivity contribution in [2.75, 3.05) is 5.33 Å². The molecule has 0 unspecified atom stereocenters. The van der Waals surface area contributed by atoms with Gasteiger partial charge in [-0.15, -0.1) is 0 Å². The maximum Gasteiger partial charge on any atom is 0.225 e. The van der Waals surface area contributed by atoms with Crippen LogP contribution in [-0.2, 0) is 4.79 Å². The number of hydrogen-bond acceptors (Lipinski definition) is 1. The molecule has 0 spiro atoms. The highest BCUT2D eigenvalue weighted by Gasteiger charge is 2.35. The third-order valence-electron chi connectivity index (χ3n) is 3.13. The molecule has 0 saturated heterocycles. The van der Waals surface area contributed by atoms with Crippen LogP contribution in [0.5, 0.6) is 0 Å². The first-order chi connectivity index (χ1) is 6.90. The first-order valence-electron chi connectivity index (χ1n) is 5.78. The summed E-state index contributed by atoms with van der Waals surface area (Å²) >= 11 is 3.55. The van der Waals surface area contributed by atoms with Crippen LogP contribution in [0, 0.1) is 5.41 Å². The van der Waals surface area contributed by atoms with Gasteiger partial charge in [0.05, 0.1) is 0 Å². The van der Waals surface area contributed by atoms with Gasteiger partial charge in [-0.05, 0) is 12.8 Å². The maximum absolute atomic E-state index is 12.0. The molecule has 88 valence electrons. The van der Waals surface area contributed by atoms with E-state index in [-0.39, 0.29) is 16.9 Å². The SMILES string of the molecule is CC(C)(C)C(=O)NC1(CBr)CCCCC1. The van der Waals surface area contributed by atoms with Gasteiger partial charge < -0.3 is 5.32 Å². The molecule has 2 nitrogen and oxygen atoms in total. The first kappa shape index (κ1) is 13.0. The number of alkyl halides is 1. The molecule has 1 rings (SSSR count). The van der Waals surface area contributed by atoms with Gasteiger partial charge in [-0.3, -0.25) is 4.79 Å². The van der Waals surface area contributed by atoms with Gasteiger partial charge in [0.15, 0.2) is 0 Å². The number of rotatable bonds is 2. The molecular formula is C12H22BrNO. The van der Waals surface area contributed by atoms with Gasteiger partial charge >= 0.3 is 0 Å². The van der Waals surface area contributed by atoms with Crippen molar-refractivity contribution in [3.8, 4) is 0 Å². The van der Waals surface area contributed by atoms with Crippen molar-refractivity contribution in [1.82, 2.24) is 5.32 Å². The highest BCUT2D eigenvalue weighted by Crippen LogP contribution is 2.31. The Morgan fingerprint density at radius 3 is 2.20 bits per heavy atom. The number of carbonyl (C=O) groups is 1. The zero-order valence-electron chi connectivity index (χ0n) is 10.0. The van der Waals surface area contributed by atoms with Gasteiger partial charge in [0.1, 0.15) is 0 Å². The average molecular weight is 276 g/mol. The Balaban J connectivity index is 2.63. The minimum atomic E-state index is -0.285.